The molecule has 2 nitrogen and oxygen atoms in total. The average Bonchev–Trinajstić information content (AvgIpc) is 2.29. The first-order valence-corrected chi connectivity index (χ1v) is 6.57. The Bertz CT molecular complexity index is 306. The largest absolute Gasteiger partial charge is 0.329 e. The summed E-state index contributed by atoms with van der Waals surface area (Å²) >= 11 is 0. The topological polar surface area (TPSA) is 29.3 Å². The van der Waals surface area contributed by atoms with Crippen molar-refractivity contribution in [1.82, 2.24) is 4.90 Å². The van der Waals surface area contributed by atoms with Gasteiger partial charge in [0.15, 0.2) is 0 Å². The van der Waals surface area contributed by atoms with Gasteiger partial charge in [-0.2, -0.15) is 0 Å². The number of rotatable bonds is 6. The molecule has 1 atom stereocenters. The molecule has 0 aliphatic heterocycles. The highest BCUT2D eigenvalue weighted by Gasteiger charge is 2.21. The molecule has 1 aromatic rings. The number of nitrogens with two attached hydrogens (primary N) is 1. The fourth-order valence-corrected chi connectivity index (χ4v) is 2.26. The lowest BCUT2D eigenvalue weighted by molar-refractivity contribution is 0.138. The minimum Gasteiger partial charge on any atom is -0.329 e. The lowest BCUT2D eigenvalue weighted by Gasteiger charge is -2.36. The quantitative estimate of drug-likeness (QED) is 0.819. The predicted octanol–water partition coefficient (Wildman–Crippen LogP) is 3.05. The number of benzene rings is 1. The van der Waals surface area contributed by atoms with Crippen molar-refractivity contribution in [3.8, 4) is 0 Å². The smallest absolute Gasteiger partial charge is 0.0473 e. The van der Waals surface area contributed by atoms with Crippen molar-refractivity contribution < 1.29 is 0 Å². The molecule has 0 saturated heterocycles. The molecule has 0 saturated carbocycles. The first kappa shape index (κ1) is 14.2. The Hall–Kier alpha value is -0.860. The molecule has 1 rings (SSSR count). The standard InChI is InChI=1S/C15H26N2/c1-12(2)11-17(13(3)4)15(10-16)14-8-6-5-7-9-14/h5-9,12-13,15H,10-11,16H2,1-4H3. The molecule has 2 heteroatoms. The summed E-state index contributed by atoms with van der Waals surface area (Å²) in [5.41, 5.74) is 7.30. The zero-order valence-corrected chi connectivity index (χ0v) is 11.6. The van der Waals surface area contributed by atoms with E-state index in [0.29, 0.717) is 24.5 Å². The Morgan fingerprint density at radius 2 is 1.65 bits per heavy atom. The summed E-state index contributed by atoms with van der Waals surface area (Å²) in [6.45, 7) is 10.8. The second kappa shape index (κ2) is 6.77. The molecule has 0 bridgehead atoms. The van der Waals surface area contributed by atoms with E-state index >= 15 is 0 Å². The summed E-state index contributed by atoms with van der Waals surface area (Å²) in [7, 11) is 0. The molecule has 0 amide bonds. The van der Waals surface area contributed by atoms with Gasteiger partial charge in [0.05, 0.1) is 0 Å². The summed E-state index contributed by atoms with van der Waals surface area (Å²) in [6, 6.07) is 11.4. The van der Waals surface area contributed by atoms with Crippen molar-refractivity contribution in [2.75, 3.05) is 13.1 Å². The van der Waals surface area contributed by atoms with E-state index in [-0.39, 0.29) is 0 Å². The molecule has 2 N–H and O–H groups in total. The third-order valence-corrected chi connectivity index (χ3v) is 3.05. The summed E-state index contributed by atoms with van der Waals surface area (Å²) in [4.78, 5) is 2.50. The van der Waals surface area contributed by atoms with E-state index in [1.807, 2.05) is 0 Å². The maximum atomic E-state index is 5.98. The average molecular weight is 234 g/mol. The Morgan fingerprint density at radius 1 is 1.06 bits per heavy atom. The summed E-state index contributed by atoms with van der Waals surface area (Å²) in [5.74, 6) is 0.662. The van der Waals surface area contributed by atoms with E-state index in [1.54, 1.807) is 0 Å². The maximum absolute atomic E-state index is 5.98. The van der Waals surface area contributed by atoms with Gasteiger partial charge >= 0.3 is 0 Å². The maximum Gasteiger partial charge on any atom is 0.0473 e. The lowest BCUT2D eigenvalue weighted by Crippen LogP contribution is -2.40. The van der Waals surface area contributed by atoms with Crippen LogP contribution in [0.5, 0.6) is 0 Å². The molecule has 0 radical (unpaired) electrons. The van der Waals surface area contributed by atoms with Crippen molar-refractivity contribution in [1.29, 1.82) is 0 Å². The van der Waals surface area contributed by atoms with E-state index in [4.69, 9.17) is 5.73 Å². The lowest BCUT2D eigenvalue weighted by atomic mass is 10.0. The molecule has 1 aromatic carbocycles. The van der Waals surface area contributed by atoms with Gasteiger partial charge in [-0.1, -0.05) is 44.2 Å². The van der Waals surface area contributed by atoms with Crippen molar-refractivity contribution in [3.05, 3.63) is 35.9 Å². The molecule has 96 valence electrons. The van der Waals surface area contributed by atoms with Crippen LogP contribution in [0.15, 0.2) is 30.3 Å². The van der Waals surface area contributed by atoms with Crippen molar-refractivity contribution >= 4 is 0 Å². The molecule has 0 aliphatic carbocycles. The van der Waals surface area contributed by atoms with Crippen LogP contribution in [-0.4, -0.2) is 24.0 Å². The first-order chi connectivity index (χ1) is 8.06. The zero-order valence-electron chi connectivity index (χ0n) is 11.6. The molecule has 0 spiro atoms. The van der Waals surface area contributed by atoms with E-state index in [9.17, 15) is 0 Å². The molecule has 0 aliphatic rings. The van der Waals surface area contributed by atoms with Crippen molar-refractivity contribution in [2.24, 2.45) is 11.7 Å². The second-order valence-electron chi connectivity index (χ2n) is 5.35. The van der Waals surface area contributed by atoms with E-state index in [0.717, 1.165) is 6.54 Å². The van der Waals surface area contributed by atoms with Crippen LogP contribution in [0.2, 0.25) is 0 Å². The Balaban J connectivity index is 2.89. The Labute approximate surface area is 106 Å². The molecule has 0 heterocycles. The minimum atomic E-state index is 0.332. The highest BCUT2D eigenvalue weighted by atomic mass is 15.2. The SMILES string of the molecule is CC(C)CN(C(C)C)C(CN)c1ccccc1. The number of nitrogens with zero attached hydrogens (tertiary/aromatic N) is 1. The van der Waals surface area contributed by atoms with Crippen LogP contribution >= 0.6 is 0 Å². The van der Waals surface area contributed by atoms with Gasteiger partial charge in [0, 0.05) is 25.2 Å². The summed E-state index contributed by atoms with van der Waals surface area (Å²) in [6.07, 6.45) is 0. The van der Waals surface area contributed by atoms with Crippen LogP contribution < -0.4 is 5.73 Å². The third-order valence-electron chi connectivity index (χ3n) is 3.05. The molecule has 1 unspecified atom stereocenters. The van der Waals surface area contributed by atoms with E-state index in [2.05, 4.69) is 62.9 Å². The predicted molar refractivity (Wildman–Crippen MR) is 74.9 cm³/mol. The molecular formula is C15H26N2. The van der Waals surface area contributed by atoms with Crippen LogP contribution in [0.3, 0.4) is 0 Å². The Morgan fingerprint density at radius 3 is 2.06 bits per heavy atom. The van der Waals surface area contributed by atoms with Gasteiger partial charge in [0.25, 0.3) is 0 Å². The van der Waals surface area contributed by atoms with Gasteiger partial charge in [-0.3, -0.25) is 4.90 Å². The normalized spacial score (nSPS) is 13.6. The molecule has 0 aromatic heterocycles. The third kappa shape index (κ3) is 4.14. The minimum absolute atomic E-state index is 0.332. The second-order valence-corrected chi connectivity index (χ2v) is 5.35. The fraction of sp³-hybridized carbons (Fsp3) is 0.600. The molecular weight excluding hydrogens is 208 g/mol. The molecule has 0 fully saturated rings. The van der Waals surface area contributed by atoms with Gasteiger partial charge < -0.3 is 5.73 Å². The van der Waals surface area contributed by atoms with Crippen molar-refractivity contribution in [3.63, 3.8) is 0 Å². The zero-order chi connectivity index (χ0) is 12.8. The van der Waals surface area contributed by atoms with Crippen LogP contribution in [0, 0.1) is 5.92 Å². The highest BCUT2D eigenvalue weighted by molar-refractivity contribution is 5.19. The molecule has 17 heavy (non-hydrogen) atoms. The van der Waals surface area contributed by atoms with Gasteiger partial charge in [0.1, 0.15) is 0 Å². The van der Waals surface area contributed by atoms with Crippen molar-refractivity contribution in [2.45, 2.75) is 39.8 Å². The summed E-state index contributed by atoms with van der Waals surface area (Å²) < 4.78 is 0. The number of hydrogen-bond donors (Lipinski definition) is 1. The first-order valence-electron chi connectivity index (χ1n) is 6.57. The summed E-state index contributed by atoms with van der Waals surface area (Å²) in [5, 5.41) is 0. The van der Waals surface area contributed by atoms with Crippen LogP contribution in [-0.2, 0) is 0 Å². The van der Waals surface area contributed by atoms with Gasteiger partial charge in [0.2, 0.25) is 0 Å². The monoisotopic (exact) mass is 234 g/mol. The van der Waals surface area contributed by atoms with Gasteiger partial charge in [-0.15, -0.1) is 0 Å². The van der Waals surface area contributed by atoms with Crippen LogP contribution in [0.25, 0.3) is 0 Å². The van der Waals surface area contributed by atoms with E-state index in [1.165, 1.54) is 5.56 Å². The van der Waals surface area contributed by atoms with Gasteiger partial charge in [-0.05, 0) is 25.3 Å². The van der Waals surface area contributed by atoms with E-state index < -0.39 is 0 Å². The van der Waals surface area contributed by atoms with Crippen LogP contribution in [0.4, 0.5) is 0 Å². The van der Waals surface area contributed by atoms with Gasteiger partial charge in [-0.25, -0.2) is 0 Å². The highest BCUT2D eigenvalue weighted by Crippen LogP contribution is 2.22. The number of hydrogen-bond acceptors (Lipinski definition) is 2. The Kier molecular flexibility index (Phi) is 5.66. The van der Waals surface area contributed by atoms with Crippen LogP contribution in [0.1, 0.15) is 39.3 Å². The fourth-order valence-electron chi connectivity index (χ4n) is 2.26.